The van der Waals surface area contributed by atoms with Gasteiger partial charge in [-0.25, -0.2) is 0 Å². The van der Waals surface area contributed by atoms with Gasteiger partial charge in [-0.3, -0.25) is 14.4 Å². The number of amides is 2. The van der Waals surface area contributed by atoms with Crippen LogP contribution < -0.4 is 0 Å². The van der Waals surface area contributed by atoms with Gasteiger partial charge in [0.25, 0.3) is 0 Å². The summed E-state index contributed by atoms with van der Waals surface area (Å²) in [5.41, 5.74) is 0. The van der Waals surface area contributed by atoms with Crippen molar-refractivity contribution in [3.05, 3.63) is 25.3 Å². The average molecular weight is 533 g/mol. The van der Waals surface area contributed by atoms with Gasteiger partial charge < -0.3 is 19.6 Å². The predicted molar refractivity (Wildman–Crippen MR) is 146 cm³/mol. The summed E-state index contributed by atoms with van der Waals surface area (Å²) >= 11 is 1.71. The van der Waals surface area contributed by atoms with Gasteiger partial charge in [0, 0.05) is 31.0 Å². The first-order valence-corrected chi connectivity index (χ1v) is 15.2. The number of unbranched alkanes of at least 4 members (excludes halogenated alkanes) is 3. The Morgan fingerprint density at radius 2 is 1.89 bits per heavy atom. The molecule has 206 valence electrons. The normalized spacial score (nSPS) is 30.8. The van der Waals surface area contributed by atoms with Gasteiger partial charge in [-0.15, -0.1) is 24.9 Å². The lowest BCUT2D eigenvalue weighted by atomic mass is 9.71. The molecule has 4 rings (SSSR count). The van der Waals surface area contributed by atoms with Crippen molar-refractivity contribution in [2.45, 2.75) is 99.1 Å². The highest BCUT2D eigenvalue weighted by atomic mass is 32.2. The zero-order chi connectivity index (χ0) is 26.4. The van der Waals surface area contributed by atoms with Crippen molar-refractivity contribution in [3.63, 3.8) is 0 Å². The number of fused-ring (bicyclic) bond motifs is 1. The standard InChI is InChI=1S/C29H44N2O5S/c1-3-5-12-20-36-28(35)23-22-15-16-29(37-22)24(23)26(33)31(18-10-7-11-19-32)25(29)27(34)30(17-4-2)21-13-8-6-9-14-21/h3-4,21-25,32H,1-2,5-20H2/t22-,23+,24+,25?,29?/m1/s1. The molecule has 3 saturated heterocycles. The Balaban J connectivity index is 1.61. The second kappa shape index (κ2) is 12.8. The van der Waals surface area contributed by atoms with Crippen LogP contribution >= 0.6 is 11.8 Å². The Morgan fingerprint density at radius 3 is 2.59 bits per heavy atom. The van der Waals surface area contributed by atoms with E-state index in [1.54, 1.807) is 22.7 Å². The van der Waals surface area contributed by atoms with Crippen LogP contribution in [0.2, 0.25) is 0 Å². The first-order chi connectivity index (χ1) is 18.0. The minimum Gasteiger partial charge on any atom is -0.465 e. The fourth-order valence-electron chi connectivity index (χ4n) is 7.12. The molecular formula is C29H44N2O5S. The highest BCUT2D eigenvalue weighted by Gasteiger charge is 2.74. The van der Waals surface area contributed by atoms with E-state index in [-0.39, 0.29) is 35.7 Å². The van der Waals surface area contributed by atoms with Crippen LogP contribution in [0, 0.1) is 11.8 Å². The number of rotatable bonds is 14. The Labute approximate surface area is 226 Å². The molecule has 1 spiro atoms. The minimum absolute atomic E-state index is 0.0234. The van der Waals surface area contributed by atoms with Gasteiger partial charge in [0.2, 0.25) is 11.8 Å². The summed E-state index contributed by atoms with van der Waals surface area (Å²) in [6, 6.07) is -0.384. The van der Waals surface area contributed by atoms with E-state index >= 15 is 0 Å². The third-order valence-corrected chi connectivity index (χ3v) is 10.7. The van der Waals surface area contributed by atoms with Crippen LogP contribution in [0.5, 0.6) is 0 Å². The van der Waals surface area contributed by atoms with Crippen molar-refractivity contribution in [1.82, 2.24) is 9.80 Å². The molecule has 4 fully saturated rings. The number of likely N-dealkylation sites (tertiary alicyclic amines) is 1. The molecule has 2 amide bonds. The van der Waals surface area contributed by atoms with Gasteiger partial charge in [0.05, 0.1) is 23.2 Å². The van der Waals surface area contributed by atoms with Crippen molar-refractivity contribution >= 4 is 29.5 Å². The van der Waals surface area contributed by atoms with Crippen LogP contribution in [0.3, 0.4) is 0 Å². The lowest BCUT2D eigenvalue weighted by Crippen LogP contribution is -2.57. The summed E-state index contributed by atoms with van der Waals surface area (Å²) in [6.45, 7) is 9.05. The van der Waals surface area contributed by atoms with Crippen molar-refractivity contribution in [2.24, 2.45) is 11.8 Å². The zero-order valence-corrected chi connectivity index (χ0v) is 23.0. The summed E-state index contributed by atoms with van der Waals surface area (Å²) in [5.74, 6) is -1.32. The third-order valence-electron chi connectivity index (χ3n) is 8.78. The van der Waals surface area contributed by atoms with Crippen molar-refractivity contribution in [3.8, 4) is 0 Å². The van der Waals surface area contributed by atoms with Crippen LogP contribution in [-0.2, 0) is 19.1 Å². The van der Waals surface area contributed by atoms with Gasteiger partial charge >= 0.3 is 5.97 Å². The quantitative estimate of drug-likeness (QED) is 0.206. The van der Waals surface area contributed by atoms with E-state index in [4.69, 9.17) is 4.74 Å². The molecule has 37 heavy (non-hydrogen) atoms. The molecule has 1 saturated carbocycles. The van der Waals surface area contributed by atoms with Crippen LogP contribution in [-0.4, -0.2) is 81.1 Å². The number of carbonyl (C=O) groups is 3. The molecule has 0 aromatic carbocycles. The number of allylic oxidation sites excluding steroid dienone is 1. The Morgan fingerprint density at radius 1 is 1.11 bits per heavy atom. The molecule has 1 aliphatic carbocycles. The van der Waals surface area contributed by atoms with E-state index in [1.807, 2.05) is 11.0 Å². The maximum Gasteiger partial charge on any atom is 0.310 e. The molecule has 0 aromatic rings. The van der Waals surface area contributed by atoms with E-state index in [9.17, 15) is 19.5 Å². The molecule has 2 bridgehead atoms. The van der Waals surface area contributed by atoms with Crippen molar-refractivity contribution in [2.75, 3.05) is 26.3 Å². The van der Waals surface area contributed by atoms with Crippen LogP contribution in [0.4, 0.5) is 0 Å². The topological polar surface area (TPSA) is 87.1 Å². The third kappa shape index (κ3) is 5.51. The number of nitrogens with zero attached hydrogens (tertiary/aromatic N) is 2. The molecule has 0 radical (unpaired) electrons. The lowest BCUT2D eigenvalue weighted by molar-refractivity contribution is -0.154. The fraction of sp³-hybridized carbons (Fsp3) is 0.759. The van der Waals surface area contributed by atoms with Gasteiger partial charge in [-0.05, 0) is 57.8 Å². The molecule has 5 atom stereocenters. The Hall–Kier alpha value is -1.80. The number of thioether (sulfide) groups is 1. The van der Waals surface area contributed by atoms with Crippen LogP contribution in [0.15, 0.2) is 25.3 Å². The van der Waals surface area contributed by atoms with Gasteiger partial charge in [0.15, 0.2) is 0 Å². The number of aliphatic hydroxyl groups is 1. The molecule has 0 aromatic heterocycles. The number of carbonyl (C=O) groups excluding carboxylic acids is 3. The number of hydrogen-bond acceptors (Lipinski definition) is 6. The highest BCUT2D eigenvalue weighted by molar-refractivity contribution is 8.02. The first kappa shape index (κ1) is 28.2. The molecule has 1 N–H and O–H groups in total. The van der Waals surface area contributed by atoms with Gasteiger partial charge in [-0.1, -0.05) is 31.4 Å². The number of esters is 1. The molecular weight excluding hydrogens is 488 g/mol. The molecule has 3 aliphatic heterocycles. The summed E-state index contributed by atoms with van der Waals surface area (Å²) in [4.78, 5) is 45.5. The molecule has 7 nitrogen and oxygen atoms in total. The number of aliphatic hydroxyl groups excluding tert-OH is 1. The number of ether oxygens (including phenoxy) is 1. The largest absolute Gasteiger partial charge is 0.465 e. The maximum absolute atomic E-state index is 14.4. The maximum atomic E-state index is 14.4. The highest BCUT2D eigenvalue weighted by Crippen LogP contribution is 2.66. The summed E-state index contributed by atoms with van der Waals surface area (Å²) in [7, 11) is 0. The minimum atomic E-state index is -0.575. The zero-order valence-electron chi connectivity index (χ0n) is 22.2. The summed E-state index contributed by atoms with van der Waals surface area (Å²) in [6.07, 6.45) is 14.3. The number of hydrogen-bond donors (Lipinski definition) is 1. The van der Waals surface area contributed by atoms with Crippen molar-refractivity contribution < 1.29 is 24.2 Å². The second-order valence-corrected chi connectivity index (χ2v) is 12.6. The van der Waals surface area contributed by atoms with Crippen LogP contribution in [0.25, 0.3) is 0 Å². The second-order valence-electron chi connectivity index (χ2n) is 11.0. The molecule has 4 aliphatic rings. The monoisotopic (exact) mass is 532 g/mol. The molecule has 2 unspecified atom stereocenters. The Kier molecular flexibility index (Phi) is 9.79. The molecule has 3 heterocycles. The van der Waals surface area contributed by atoms with E-state index in [0.29, 0.717) is 26.1 Å². The van der Waals surface area contributed by atoms with E-state index in [2.05, 4.69) is 13.2 Å². The fourth-order valence-corrected chi connectivity index (χ4v) is 9.32. The molecule has 8 heteroatoms. The first-order valence-electron chi connectivity index (χ1n) is 14.3. The van der Waals surface area contributed by atoms with Crippen molar-refractivity contribution in [1.29, 1.82) is 0 Å². The van der Waals surface area contributed by atoms with E-state index in [0.717, 1.165) is 64.2 Å². The average Bonchev–Trinajstić information content (AvgIpc) is 3.55. The summed E-state index contributed by atoms with van der Waals surface area (Å²) < 4.78 is 5.08. The van der Waals surface area contributed by atoms with E-state index in [1.165, 1.54) is 6.42 Å². The SMILES string of the molecule is C=CCCCOC(=O)[C@@H]1[C@H]2C(=O)N(CCCCCO)C(C(=O)N(CC=C)C3CCCCC3)C23CC[C@H]1S3. The van der Waals surface area contributed by atoms with Gasteiger partial charge in [0.1, 0.15) is 6.04 Å². The smallest absolute Gasteiger partial charge is 0.310 e. The van der Waals surface area contributed by atoms with E-state index < -0.39 is 22.6 Å². The Bertz CT molecular complexity index is 859. The van der Waals surface area contributed by atoms with Crippen LogP contribution in [0.1, 0.15) is 77.0 Å². The van der Waals surface area contributed by atoms with Gasteiger partial charge in [-0.2, -0.15) is 0 Å². The lowest BCUT2D eigenvalue weighted by Gasteiger charge is -2.41. The summed E-state index contributed by atoms with van der Waals surface area (Å²) in [5, 5.41) is 9.26. The predicted octanol–water partition coefficient (Wildman–Crippen LogP) is 4.10.